The first kappa shape index (κ1) is 16.4. The van der Waals surface area contributed by atoms with Gasteiger partial charge in [0.15, 0.2) is 0 Å². The molecule has 1 aromatic heterocycles. The summed E-state index contributed by atoms with van der Waals surface area (Å²) in [5.41, 5.74) is 6.74. The number of anilines is 2. The SMILES string of the molecule is CC(C)(C)OC(=O)NC1CC(O)CN(c2ccncc2N)C1. The molecule has 1 saturated heterocycles. The number of piperidine rings is 1. The monoisotopic (exact) mass is 308 g/mol. The third-order valence-electron chi connectivity index (χ3n) is 3.32. The molecule has 0 spiro atoms. The smallest absolute Gasteiger partial charge is 0.407 e. The number of carbonyl (C=O) groups excluding carboxylic acids is 1. The molecule has 1 aromatic rings. The fraction of sp³-hybridized carbons (Fsp3) is 0.600. The summed E-state index contributed by atoms with van der Waals surface area (Å²) < 4.78 is 5.26. The van der Waals surface area contributed by atoms with Gasteiger partial charge in [0.2, 0.25) is 0 Å². The fourth-order valence-electron chi connectivity index (χ4n) is 2.54. The molecule has 0 aliphatic carbocycles. The Morgan fingerprint density at radius 3 is 2.86 bits per heavy atom. The number of rotatable bonds is 2. The lowest BCUT2D eigenvalue weighted by molar-refractivity contribution is 0.0474. The largest absolute Gasteiger partial charge is 0.444 e. The maximum atomic E-state index is 11.9. The van der Waals surface area contributed by atoms with E-state index in [1.165, 1.54) is 0 Å². The molecule has 7 nitrogen and oxygen atoms in total. The zero-order valence-electron chi connectivity index (χ0n) is 13.2. The normalized spacial score (nSPS) is 22.3. The van der Waals surface area contributed by atoms with E-state index in [0.29, 0.717) is 25.2 Å². The first-order valence-electron chi connectivity index (χ1n) is 7.36. The van der Waals surface area contributed by atoms with Gasteiger partial charge in [-0.2, -0.15) is 0 Å². The van der Waals surface area contributed by atoms with Crippen LogP contribution in [0.2, 0.25) is 0 Å². The Morgan fingerprint density at radius 2 is 2.23 bits per heavy atom. The summed E-state index contributed by atoms with van der Waals surface area (Å²) in [4.78, 5) is 17.8. The molecule has 0 saturated carbocycles. The van der Waals surface area contributed by atoms with E-state index in [1.807, 2.05) is 25.7 Å². The number of carbonyl (C=O) groups is 1. The number of aromatic nitrogens is 1. The number of aliphatic hydroxyl groups is 1. The number of aliphatic hydroxyl groups excluding tert-OH is 1. The van der Waals surface area contributed by atoms with Gasteiger partial charge in [-0.15, -0.1) is 0 Å². The molecule has 2 rings (SSSR count). The summed E-state index contributed by atoms with van der Waals surface area (Å²) in [6.07, 6.45) is 2.70. The molecule has 2 atom stereocenters. The number of nitrogen functional groups attached to an aromatic ring is 1. The molecule has 4 N–H and O–H groups in total. The molecular weight excluding hydrogens is 284 g/mol. The molecule has 0 aromatic carbocycles. The Labute approximate surface area is 130 Å². The number of nitrogens with one attached hydrogen (secondary N) is 1. The maximum absolute atomic E-state index is 11.9. The number of nitrogens with two attached hydrogens (primary N) is 1. The van der Waals surface area contributed by atoms with Crippen molar-refractivity contribution in [3.05, 3.63) is 18.5 Å². The molecule has 7 heteroatoms. The second kappa shape index (κ2) is 6.39. The average molecular weight is 308 g/mol. The van der Waals surface area contributed by atoms with E-state index < -0.39 is 17.8 Å². The summed E-state index contributed by atoms with van der Waals surface area (Å²) in [7, 11) is 0. The van der Waals surface area contributed by atoms with Crippen molar-refractivity contribution in [1.29, 1.82) is 0 Å². The summed E-state index contributed by atoms with van der Waals surface area (Å²) in [5.74, 6) is 0. The van der Waals surface area contributed by atoms with Crippen LogP contribution in [-0.2, 0) is 4.74 Å². The quantitative estimate of drug-likeness (QED) is 0.757. The van der Waals surface area contributed by atoms with Crippen molar-refractivity contribution < 1.29 is 14.6 Å². The highest BCUT2D eigenvalue weighted by molar-refractivity contribution is 5.69. The lowest BCUT2D eigenvalue weighted by Crippen LogP contribution is -2.53. The Morgan fingerprint density at radius 1 is 1.50 bits per heavy atom. The standard InChI is InChI=1S/C15H24N4O3/c1-15(2,3)22-14(21)18-10-6-11(20)9-19(8-10)13-4-5-17-7-12(13)16/h4-5,7,10-11,20H,6,8-9,16H2,1-3H3,(H,18,21). The van der Waals surface area contributed by atoms with Crippen LogP contribution in [0.3, 0.4) is 0 Å². The van der Waals surface area contributed by atoms with Gasteiger partial charge in [-0.3, -0.25) is 4.98 Å². The van der Waals surface area contributed by atoms with E-state index in [-0.39, 0.29) is 6.04 Å². The van der Waals surface area contributed by atoms with Crippen molar-refractivity contribution in [3.8, 4) is 0 Å². The Hall–Kier alpha value is -2.02. The van der Waals surface area contributed by atoms with Crippen LogP contribution in [0.5, 0.6) is 0 Å². The van der Waals surface area contributed by atoms with E-state index in [1.54, 1.807) is 18.5 Å². The number of amides is 1. The van der Waals surface area contributed by atoms with Crippen molar-refractivity contribution >= 4 is 17.5 Å². The zero-order chi connectivity index (χ0) is 16.3. The van der Waals surface area contributed by atoms with Crippen LogP contribution >= 0.6 is 0 Å². The van der Waals surface area contributed by atoms with Gasteiger partial charge in [0, 0.05) is 19.3 Å². The van der Waals surface area contributed by atoms with Crippen LogP contribution < -0.4 is 16.0 Å². The van der Waals surface area contributed by atoms with E-state index in [0.717, 1.165) is 5.69 Å². The van der Waals surface area contributed by atoms with Gasteiger partial charge < -0.3 is 25.8 Å². The molecule has 122 valence electrons. The van der Waals surface area contributed by atoms with E-state index >= 15 is 0 Å². The first-order chi connectivity index (χ1) is 10.2. The molecule has 0 bridgehead atoms. The Balaban J connectivity index is 2.02. The highest BCUT2D eigenvalue weighted by Crippen LogP contribution is 2.25. The van der Waals surface area contributed by atoms with Gasteiger partial charge in [0.1, 0.15) is 5.60 Å². The van der Waals surface area contributed by atoms with Crippen LogP contribution in [0.1, 0.15) is 27.2 Å². The number of ether oxygens (including phenoxy) is 1. The van der Waals surface area contributed by atoms with E-state index in [2.05, 4.69) is 10.3 Å². The van der Waals surface area contributed by atoms with Crippen LogP contribution in [-0.4, -0.2) is 47.0 Å². The number of pyridine rings is 1. The van der Waals surface area contributed by atoms with Crippen molar-refractivity contribution in [2.24, 2.45) is 0 Å². The molecule has 2 unspecified atom stereocenters. The number of hydrogen-bond donors (Lipinski definition) is 3. The molecule has 2 heterocycles. The van der Waals surface area contributed by atoms with Crippen LogP contribution in [0, 0.1) is 0 Å². The van der Waals surface area contributed by atoms with Gasteiger partial charge in [0.05, 0.1) is 29.7 Å². The highest BCUT2D eigenvalue weighted by atomic mass is 16.6. The lowest BCUT2D eigenvalue weighted by atomic mass is 10.0. The Kier molecular flexibility index (Phi) is 4.75. The van der Waals surface area contributed by atoms with Gasteiger partial charge in [0.25, 0.3) is 0 Å². The molecule has 1 aliphatic rings. The molecule has 1 fully saturated rings. The minimum absolute atomic E-state index is 0.203. The summed E-state index contributed by atoms with van der Waals surface area (Å²) in [6.45, 7) is 6.47. The van der Waals surface area contributed by atoms with Crippen LogP contribution in [0.15, 0.2) is 18.5 Å². The fourth-order valence-corrected chi connectivity index (χ4v) is 2.54. The summed E-state index contributed by atoms with van der Waals surface area (Å²) in [5, 5.41) is 12.9. The first-order valence-corrected chi connectivity index (χ1v) is 7.36. The molecular formula is C15H24N4O3. The van der Waals surface area contributed by atoms with E-state index in [4.69, 9.17) is 10.5 Å². The molecule has 1 aliphatic heterocycles. The molecule has 1 amide bonds. The van der Waals surface area contributed by atoms with Crippen molar-refractivity contribution in [1.82, 2.24) is 10.3 Å². The number of hydrogen-bond acceptors (Lipinski definition) is 6. The lowest BCUT2D eigenvalue weighted by Gasteiger charge is -2.38. The second-order valence-electron chi connectivity index (χ2n) is 6.57. The maximum Gasteiger partial charge on any atom is 0.407 e. The van der Waals surface area contributed by atoms with Gasteiger partial charge in [-0.25, -0.2) is 4.79 Å². The third-order valence-corrected chi connectivity index (χ3v) is 3.32. The minimum Gasteiger partial charge on any atom is -0.444 e. The minimum atomic E-state index is -0.549. The predicted molar refractivity (Wildman–Crippen MR) is 84.6 cm³/mol. The Bertz CT molecular complexity index is 530. The molecule has 0 radical (unpaired) electrons. The van der Waals surface area contributed by atoms with E-state index in [9.17, 15) is 9.90 Å². The predicted octanol–water partition coefficient (Wildman–Crippen LogP) is 1.13. The summed E-state index contributed by atoms with van der Waals surface area (Å²) in [6, 6.07) is 1.60. The topological polar surface area (TPSA) is 101 Å². The van der Waals surface area contributed by atoms with Crippen LogP contribution in [0.25, 0.3) is 0 Å². The number of nitrogens with zero attached hydrogens (tertiary/aromatic N) is 2. The third kappa shape index (κ3) is 4.49. The van der Waals surface area contributed by atoms with Gasteiger partial charge in [-0.05, 0) is 33.3 Å². The van der Waals surface area contributed by atoms with Gasteiger partial charge >= 0.3 is 6.09 Å². The van der Waals surface area contributed by atoms with Gasteiger partial charge in [-0.1, -0.05) is 0 Å². The van der Waals surface area contributed by atoms with Crippen molar-refractivity contribution in [2.75, 3.05) is 23.7 Å². The van der Waals surface area contributed by atoms with Crippen LogP contribution in [0.4, 0.5) is 16.2 Å². The van der Waals surface area contributed by atoms with Crippen molar-refractivity contribution in [3.63, 3.8) is 0 Å². The number of β-amino-alcohol motifs (C(OH)–C–C–N with tert-alkyl or cyclic N) is 1. The van der Waals surface area contributed by atoms with Crippen molar-refractivity contribution in [2.45, 2.75) is 44.9 Å². The molecule has 22 heavy (non-hydrogen) atoms. The average Bonchev–Trinajstić information content (AvgIpc) is 2.35. The zero-order valence-corrected chi connectivity index (χ0v) is 13.2. The second-order valence-corrected chi connectivity index (χ2v) is 6.57. The highest BCUT2D eigenvalue weighted by Gasteiger charge is 2.29. The summed E-state index contributed by atoms with van der Waals surface area (Å²) >= 11 is 0. The number of alkyl carbamates (subject to hydrolysis) is 1.